The molecule has 5 heteroatoms. The quantitative estimate of drug-likeness (QED) is 0.932. The van der Waals surface area contributed by atoms with E-state index in [9.17, 15) is 4.79 Å². The lowest BCUT2D eigenvalue weighted by Crippen LogP contribution is -2.54. The molecule has 0 radical (unpaired) electrons. The molecule has 1 amide bonds. The molecule has 1 aromatic rings. The zero-order valence-electron chi connectivity index (χ0n) is 13.9. The molecule has 1 N–H and O–H groups in total. The Morgan fingerprint density at radius 2 is 2.18 bits per heavy atom. The zero-order valence-corrected chi connectivity index (χ0v) is 13.9. The van der Waals surface area contributed by atoms with E-state index in [1.165, 1.54) is 5.56 Å². The van der Waals surface area contributed by atoms with Crippen LogP contribution in [0.25, 0.3) is 0 Å². The highest BCUT2D eigenvalue weighted by atomic mass is 16.6. The van der Waals surface area contributed by atoms with Gasteiger partial charge in [0.05, 0.1) is 7.11 Å². The maximum atomic E-state index is 12.2. The Labute approximate surface area is 132 Å². The third-order valence-corrected chi connectivity index (χ3v) is 3.52. The smallest absolute Gasteiger partial charge is 0.410 e. The number of methoxy groups -OCH3 is 1. The Bertz CT molecular complexity index is 511. The number of ether oxygens (including phenoxy) is 2. The third-order valence-electron chi connectivity index (χ3n) is 3.52. The lowest BCUT2D eigenvalue weighted by atomic mass is 10.0. The lowest BCUT2D eigenvalue weighted by molar-refractivity contribution is 0.0195. The predicted molar refractivity (Wildman–Crippen MR) is 86.3 cm³/mol. The van der Waals surface area contributed by atoms with Gasteiger partial charge in [0.15, 0.2) is 0 Å². The summed E-state index contributed by atoms with van der Waals surface area (Å²) in [6, 6.07) is 8.27. The van der Waals surface area contributed by atoms with Crippen LogP contribution in [-0.2, 0) is 11.2 Å². The molecule has 1 heterocycles. The van der Waals surface area contributed by atoms with Crippen molar-refractivity contribution in [2.75, 3.05) is 26.7 Å². The normalized spacial score (nSPS) is 18.9. The molecule has 1 aliphatic heterocycles. The second-order valence-corrected chi connectivity index (χ2v) is 6.63. The van der Waals surface area contributed by atoms with Crippen molar-refractivity contribution >= 4 is 6.09 Å². The van der Waals surface area contributed by atoms with Gasteiger partial charge in [-0.2, -0.15) is 0 Å². The Morgan fingerprint density at radius 3 is 2.86 bits per heavy atom. The highest BCUT2D eigenvalue weighted by Gasteiger charge is 2.27. The number of carbonyl (C=O) groups excluding carboxylic acids is 1. The van der Waals surface area contributed by atoms with Gasteiger partial charge in [0.25, 0.3) is 0 Å². The van der Waals surface area contributed by atoms with E-state index in [1.54, 1.807) is 12.0 Å². The van der Waals surface area contributed by atoms with Gasteiger partial charge < -0.3 is 19.7 Å². The van der Waals surface area contributed by atoms with Crippen LogP contribution in [0.15, 0.2) is 24.3 Å². The average Bonchev–Trinajstić information content (AvgIpc) is 2.46. The number of amides is 1. The van der Waals surface area contributed by atoms with Crippen molar-refractivity contribution in [1.82, 2.24) is 10.2 Å². The fraction of sp³-hybridized carbons (Fsp3) is 0.588. The number of nitrogens with zero attached hydrogens (tertiary/aromatic N) is 1. The van der Waals surface area contributed by atoms with E-state index in [0.717, 1.165) is 18.7 Å². The lowest BCUT2D eigenvalue weighted by Gasteiger charge is -2.35. The molecule has 1 aliphatic rings. The number of nitrogens with one attached hydrogen (secondary N) is 1. The van der Waals surface area contributed by atoms with Crippen molar-refractivity contribution in [3.8, 4) is 5.75 Å². The molecular weight excluding hydrogens is 280 g/mol. The summed E-state index contributed by atoms with van der Waals surface area (Å²) in [6.07, 6.45) is 0.626. The minimum Gasteiger partial charge on any atom is -0.497 e. The van der Waals surface area contributed by atoms with Crippen LogP contribution in [0.4, 0.5) is 4.79 Å². The Balaban J connectivity index is 1.94. The van der Waals surface area contributed by atoms with Gasteiger partial charge >= 0.3 is 6.09 Å². The van der Waals surface area contributed by atoms with Crippen LogP contribution in [0.2, 0.25) is 0 Å². The molecule has 122 valence electrons. The summed E-state index contributed by atoms with van der Waals surface area (Å²) in [6.45, 7) is 7.80. The van der Waals surface area contributed by atoms with Crippen LogP contribution >= 0.6 is 0 Å². The first-order valence-corrected chi connectivity index (χ1v) is 7.71. The summed E-state index contributed by atoms with van der Waals surface area (Å²) < 4.78 is 10.7. The fourth-order valence-corrected chi connectivity index (χ4v) is 2.54. The van der Waals surface area contributed by atoms with Crippen molar-refractivity contribution in [2.45, 2.75) is 38.8 Å². The topological polar surface area (TPSA) is 50.8 Å². The van der Waals surface area contributed by atoms with Gasteiger partial charge in [-0.05, 0) is 44.9 Å². The first-order chi connectivity index (χ1) is 10.4. The molecule has 0 bridgehead atoms. The third kappa shape index (κ3) is 4.91. The van der Waals surface area contributed by atoms with E-state index < -0.39 is 5.60 Å². The SMILES string of the molecule is COc1cccc(C[C@H]2CN(C(=O)OC(C)(C)C)CCN2)c1. The minimum absolute atomic E-state index is 0.230. The van der Waals surface area contributed by atoms with E-state index in [1.807, 2.05) is 39.0 Å². The van der Waals surface area contributed by atoms with Crippen LogP contribution in [0.1, 0.15) is 26.3 Å². The predicted octanol–water partition coefficient (Wildman–Crippen LogP) is 2.45. The molecule has 0 unspecified atom stereocenters. The zero-order chi connectivity index (χ0) is 16.2. The van der Waals surface area contributed by atoms with Crippen LogP contribution in [0.3, 0.4) is 0 Å². The van der Waals surface area contributed by atoms with Gasteiger partial charge in [-0.3, -0.25) is 0 Å². The van der Waals surface area contributed by atoms with Gasteiger partial charge in [-0.15, -0.1) is 0 Å². The van der Waals surface area contributed by atoms with Crippen molar-refractivity contribution in [1.29, 1.82) is 0 Å². The molecule has 1 atom stereocenters. The molecule has 0 aromatic heterocycles. The largest absolute Gasteiger partial charge is 0.497 e. The highest BCUT2D eigenvalue weighted by molar-refractivity contribution is 5.68. The maximum Gasteiger partial charge on any atom is 0.410 e. The van der Waals surface area contributed by atoms with Gasteiger partial charge in [-0.25, -0.2) is 4.79 Å². The van der Waals surface area contributed by atoms with Crippen LogP contribution < -0.4 is 10.1 Å². The summed E-state index contributed by atoms with van der Waals surface area (Å²) in [5.74, 6) is 0.859. The highest BCUT2D eigenvalue weighted by Crippen LogP contribution is 2.16. The summed E-state index contributed by atoms with van der Waals surface area (Å²) in [5, 5.41) is 3.46. The van der Waals surface area contributed by atoms with Gasteiger partial charge in [0.2, 0.25) is 0 Å². The second-order valence-electron chi connectivity index (χ2n) is 6.63. The Hall–Kier alpha value is -1.75. The summed E-state index contributed by atoms with van der Waals surface area (Å²) in [7, 11) is 1.67. The summed E-state index contributed by atoms with van der Waals surface area (Å²) >= 11 is 0. The molecule has 0 saturated carbocycles. The van der Waals surface area contributed by atoms with Crippen LogP contribution in [0.5, 0.6) is 5.75 Å². The van der Waals surface area contributed by atoms with E-state index in [2.05, 4.69) is 11.4 Å². The molecule has 1 aromatic carbocycles. The maximum absolute atomic E-state index is 12.2. The molecule has 22 heavy (non-hydrogen) atoms. The molecule has 1 fully saturated rings. The van der Waals surface area contributed by atoms with Crippen molar-refractivity contribution in [2.24, 2.45) is 0 Å². The summed E-state index contributed by atoms with van der Waals surface area (Å²) in [4.78, 5) is 14.0. The number of hydrogen-bond acceptors (Lipinski definition) is 4. The van der Waals surface area contributed by atoms with E-state index in [0.29, 0.717) is 13.1 Å². The molecule has 1 saturated heterocycles. The number of rotatable bonds is 3. The van der Waals surface area contributed by atoms with Crippen molar-refractivity contribution in [3.05, 3.63) is 29.8 Å². The monoisotopic (exact) mass is 306 g/mol. The van der Waals surface area contributed by atoms with Gasteiger partial charge in [-0.1, -0.05) is 12.1 Å². The Morgan fingerprint density at radius 1 is 1.41 bits per heavy atom. The number of hydrogen-bond donors (Lipinski definition) is 1. The molecular formula is C17H26N2O3. The van der Waals surface area contributed by atoms with Crippen molar-refractivity contribution < 1.29 is 14.3 Å². The average molecular weight is 306 g/mol. The van der Waals surface area contributed by atoms with Crippen LogP contribution in [0, 0.1) is 0 Å². The standard InChI is InChI=1S/C17H26N2O3/c1-17(2,3)22-16(20)19-9-8-18-14(12-19)10-13-6-5-7-15(11-13)21-4/h5-7,11,14,18H,8-10,12H2,1-4H3/t14-/m0/s1. The van der Waals surface area contributed by atoms with Crippen molar-refractivity contribution in [3.63, 3.8) is 0 Å². The van der Waals surface area contributed by atoms with Gasteiger partial charge in [0.1, 0.15) is 11.4 Å². The first-order valence-electron chi connectivity index (χ1n) is 7.71. The van der Waals surface area contributed by atoms with E-state index in [-0.39, 0.29) is 12.1 Å². The second kappa shape index (κ2) is 7.01. The fourth-order valence-electron chi connectivity index (χ4n) is 2.54. The van der Waals surface area contributed by atoms with Gasteiger partial charge in [0, 0.05) is 25.7 Å². The Kier molecular flexibility index (Phi) is 5.29. The molecule has 5 nitrogen and oxygen atoms in total. The number of carbonyl (C=O) groups is 1. The minimum atomic E-state index is -0.454. The van der Waals surface area contributed by atoms with E-state index in [4.69, 9.17) is 9.47 Å². The number of benzene rings is 1. The molecule has 0 spiro atoms. The van der Waals surface area contributed by atoms with E-state index >= 15 is 0 Å². The first kappa shape index (κ1) is 16.6. The molecule has 0 aliphatic carbocycles. The molecule has 2 rings (SSSR count). The van der Waals surface area contributed by atoms with Crippen LogP contribution in [-0.4, -0.2) is 49.4 Å². The number of piperazine rings is 1. The summed E-state index contributed by atoms with van der Waals surface area (Å²) in [5.41, 5.74) is 0.743.